The minimum absolute atomic E-state index is 0.481. The van der Waals surface area contributed by atoms with E-state index in [-0.39, 0.29) is 0 Å². The molecule has 0 bridgehead atoms. The number of aryl methyl sites for hydroxylation is 1. The van der Waals surface area contributed by atoms with E-state index in [0.29, 0.717) is 23.0 Å². The van der Waals surface area contributed by atoms with Gasteiger partial charge in [-0.2, -0.15) is 13.2 Å². The predicted molar refractivity (Wildman–Crippen MR) is 81.7 cm³/mol. The molecule has 22 heavy (non-hydrogen) atoms. The number of rotatable bonds is 3. The molecule has 0 aromatic heterocycles. The molecule has 1 heterocycles. The maximum Gasteiger partial charge on any atom is 0.416 e. The fourth-order valence-electron chi connectivity index (χ4n) is 3.04. The van der Waals surface area contributed by atoms with Crippen molar-refractivity contribution in [2.45, 2.75) is 32.0 Å². The second-order valence-electron chi connectivity index (χ2n) is 6.03. The van der Waals surface area contributed by atoms with Gasteiger partial charge in [0.25, 0.3) is 0 Å². The summed E-state index contributed by atoms with van der Waals surface area (Å²) in [5.41, 5.74) is 0.449. The molecule has 1 saturated heterocycles. The molecule has 6 heteroatoms. The van der Waals surface area contributed by atoms with Crippen molar-refractivity contribution in [3.63, 3.8) is 0 Å². The first kappa shape index (κ1) is 16.9. The molecule has 0 spiro atoms. The largest absolute Gasteiger partial charge is 0.494 e. The van der Waals surface area contributed by atoms with Crippen LogP contribution in [0.4, 0.5) is 18.9 Å². The lowest BCUT2D eigenvalue weighted by Gasteiger charge is -2.37. The molecule has 0 atom stereocenters. The highest BCUT2D eigenvalue weighted by atomic mass is 19.4. The van der Waals surface area contributed by atoms with Crippen molar-refractivity contribution in [3.05, 3.63) is 23.3 Å². The minimum atomic E-state index is -4.34. The van der Waals surface area contributed by atoms with Crippen LogP contribution in [0.2, 0.25) is 0 Å². The van der Waals surface area contributed by atoms with Crippen LogP contribution in [-0.2, 0) is 6.18 Å². The van der Waals surface area contributed by atoms with Gasteiger partial charge in [-0.05, 0) is 51.6 Å². The number of hydrogen-bond donors (Lipinski definition) is 0. The molecule has 1 aliphatic heterocycles. The normalized spacial score (nSPS) is 17.2. The third-order valence-corrected chi connectivity index (χ3v) is 4.32. The third-order valence-electron chi connectivity index (χ3n) is 4.32. The van der Waals surface area contributed by atoms with Gasteiger partial charge in [0.05, 0.1) is 18.4 Å². The molecular formula is C16H23F3N2O. The van der Waals surface area contributed by atoms with Gasteiger partial charge in [0.15, 0.2) is 0 Å². The van der Waals surface area contributed by atoms with Crippen LogP contribution in [0.15, 0.2) is 12.1 Å². The molecule has 0 unspecified atom stereocenters. The van der Waals surface area contributed by atoms with E-state index in [4.69, 9.17) is 4.74 Å². The fraction of sp³-hybridized carbons (Fsp3) is 0.625. The van der Waals surface area contributed by atoms with Crippen LogP contribution >= 0.6 is 0 Å². The van der Waals surface area contributed by atoms with Crippen molar-refractivity contribution in [1.29, 1.82) is 0 Å². The molecule has 1 aromatic carbocycles. The summed E-state index contributed by atoms with van der Waals surface area (Å²) in [7, 11) is 5.58. The number of methoxy groups -OCH3 is 1. The topological polar surface area (TPSA) is 15.7 Å². The highest BCUT2D eigenvalue weighted by molar-refractivity contribution is 5.64. The molecule has 0 saturated carbocycles. The predicted octanol–water partition coefficient (Wildman–Crippen LogP) is 3.55. The van der Waals surface area contributed by atoms with Crippen LogP contribution in [0.1, 0.15) is 24.0 Å². The van der Waals surface area contributed by atoms with Gasteiger partial charge in [-0.1, -0.05) is 0 Å². The van der Waals surface area contributed by atoms with Gasteiger partial charge < -0.3 is 14.5 Å². The minimum Gasteiger partial charge on any atom is -0.494 e. The van der Waals surface area contributed by atoms with Crippen molar-refractivity contribution in [2.75, 3.05) is 39.2 Å². The molecule has 0 aliphatic carbocycles. The number of ether oxygens (including phenoxy) is 1. The lowest BCUT2D eigenvalue weighted by Crippen LogP contribution is -2.42. The second-order valence-corrected chi connectivity index (χ2v) is 6.03. The van der Waals surface area contributed by atoms with E-state index in [1.165, 1.54) is 13.2 Å². The summed E-state index contributed by atoms with van der Waals surface area (Å²) >= 11 is 0. The Bertz CT molecular complexity index is 521. The molecular weight excluding hydrogens is 293 g/mol. The Labute approximate surface area is 129 Å². The first-order valence-electron chi connectivity index (χ1n) is 7.41. The fourth-order valence-corrected chi connectivity index (χ4v) is 3.04. The maximum absolute atomic E-state index is 13.1. The smallest absolute Gasteiger partial charge is 0.416 e. The monoisotopic (exact) mass is 316 g/mol. The Morgan fingerprint density at radius 3 is 2.23 bits per heavy atom. The molecule has 1 fully saturated rings. The van der Waals surface area contributed by atoms with Gasteiger partial charge >= 0.3 is 6.18 Å². The first-order valence-corrected chi connectivity index (χ1v) is 7.41. The van der Waals surface area contributed by atoms with Crippen molar-refractivity contribution < 1.29 is 17.9 Å². The third kappa shape index (κ3) is 3.48. The number of hydrogen-bond acceptors (Lipinski definition) is 3. The van der Waals surface area contributed by atoms with Gasteiger partial charge in [0.1, 0.15) is 5.75 Å². The zero-order valence-electron chi connectivity index (χ0n) is 13.5. The maximum atomic E-state index is 13.1. The van der Waals surface area contributed by atoms with Crippen LogP contribution in [0.3, 0.4) is 0 Å². The van der Waals surface area contributed by atoms with Crippen molar-refractivity contribution >= 4 is 5.69 Å². The quantitative estimate of drug-likeness (QED) is 0.848. The van der Waals surface area contributed by atoms with E-state index in [0.717, 1.165) is 32.0 Å². The number of anilines is 1. The van der Waals surface area contributed by atoms with Gasteiger partial charge in [-0.3, -0.25) is 0 Å². The highest BCUT2D eigenvalue weighted by Crippen LogP contribution is 2.40. The zero-order valence-corrected chi connectivity index (χ0v) is 13.5. The number of nitrogens with zero attached hydrogens (tertiary/aromatic N) is 2. The average molecular weight is 316 g/mol. The van der Waals surface area contributed by atoms with Crippen molar-refractivity contribution in [1.82, 2.24) is 4.90 Å². The first-order chi connectivity index (χ1) is 10.2. The van der Waals surface area contributed by atoms with Crippen LogP contribution in [0, 0.1) is 6.92 Å². The average Bonchev–Trinajstić information content (AvgIpc) is 2.45. The van der Waals surface area contributed by atoms with Crippen molar-refractivity contribution in [3.8, 4) is 5.75 Å². The van der Waals surface area contributed by atoms with E-state index in [9.17, 15) is 13.2 Å². The van der Waals surface area contributed by atoms with E-state index < -0.39 is 11.7 Å². The van der Waals surface area contributed by atoms with Gasteiger partial charge in [-0.15, -0.1) is 0 Å². The van der Waals surface area contributed by atoms with Crippen LogP contribution in [-0.4, -0.2) is 45.2 Å². The Morgan fingerprint density at radius 1 is 1.18 bits per heavy atom. The SMILES string of the molecule is COc1c(C)cc(C(F)(F)F)cc1N1CCC(N(C)C)CC1. The molecule has 2 rings (SSSR count). The van der Waals surface area contributed by atoms with Crippen LogP contribution in [0.5, 0.6) is 5.75 Å². The Morgan fingerprint density at radius 2 is 1.77 bits per heavy atom. The Kier molecular flexibility index (Phi) is 4.90. The standard InChI is InChI=1S/C16H23F3N2O/c1-11-9-12(16(17,18)19)10-14(15(11)22-4)21-7-5-13(6-8-21)20(2)3/h9-10,13H,5-8H2,1-4H3. The summed E-state index contributed by atoms with van der Waals surface area (Å²) in [6.07, 6.45) is -2.47. The van der Waals surface area contributed by atoms with Crippen LogP contribution in [0.25, 0.3) is 0 Å². The summed E-state index contributed by atoms with van der Waals surface area (Å²) in [5, 5.41) is 0. The molecule has 3 nitrogen and oxygen atoms in total. The summed E-state index contributed by atoms with van der Waals surface area (Å²) in [6.45, 7) is 3.13. The zero-order chi connectivity index (χ0) is 16.5. The second kappa shape index (κ2) is 6.36. The lowest BCUT2D eigenvalue weighted by atomic mass is 10.0. The van der Waals surface area contributed by atoms with Crippen molar-refractivity contribution in [2.24, 2.45) is 0 Å². The van der Waals surface area contributed by atoms with Gasteiger partial charge in [0, 0.05) is 19.1 Å². The lowest BCUT2D eigenvalue weighted by molar-refractivity contribution is -0.137. The summed E-state index contributed by atoms with van der Waals surface area (Å²) in [4.78, 5) is 4.17. The number of alkyl halides is 3. The number of benzene rings is 1. The summed E-state index contributed by atoms with van der Waals surface area (Å²) in [5.74, 6) is 0.538. The van der Waals surface area contributed by atoms with Gasteiger partial charge in [-0.25, -0.2) is 0 Å². The van der Waals surface area contributed by atoms with E-state index in [1.54, 1.807) is 6.92 Å². The summed E-state index contributed by atoms with van der Waals surface area (Å²) < 4.78 is 44.5. The Hall–Kier alpha value is -1.43. The molecule has 0 N–H and O–H groups in total. The highest BCUT2D eigenvalue weighted by Gasteiger charge is 2.33. The van der Waals surface area contributed by atoms with Gasteiger partial charge in [0.2, 0.25) is 0 Å². The number of halogens is 3. The molecule has 0 radical (unpaired) electrons. The molecule has 1 aromatic rings. The Balaban J connectivity index is 2.32. The van der Waals surface area contributed by atoms with E-state index in [1.807, 2.05) is 19.0 Å². The van der Waals surface area contributed by atoms with E-state index in [2.05, 4.69) is 4.90 Å². The molecule has 1 aliphatic rings. The van der Waals surface area contributed by atoms with Crippen LogP contribution < -0.4 is 9.64 Å². The molecule has 124 valence electrons. The number of piperidine rings is 1. The molecule has 0 amide bonds. The van der Waals surface area contributed by atoms with E-state index >= 15 is 0 Å². The summed E-state index contributed by atoms with van der Waals surface area (Å²) in [6, 6.07) is 2.84.